The van der Waals surface area contributed by atoms with Crippen LogP contribution < -0.4 is 10.6 Å². The molecule has 0 aliphatic carbocycles. The lowest BCUT2D eigenvalue weighted by molar-refractivity contribution is -0.122. The molecule has 1 amide bonds. The van der Waals surface area contributed by atoms with E-state index in [0.717, 1.165) is 17.0 Å². The monoisotopic (exact) mass is 238 g/mol. The molecule has 1 heterocycles. The summed E-state index contributed by atoms with van der Waals surface area (Å²) in [4.78, 5) is 11.2. The Hall–Kier alpha value is 0.260. The van der Waals surface area contributed by atoms with Gasteiger partial charge in [0.05, 0.1) is 6.04 Å². The van der Waals surface area contributed by atoms with E-state index in [-0.39, 0.29) is 11.9 Å². The first-order chi connectivity index (χ1) is 5.34. The summed E-state index contributed by atoms with van der Waals surface area (Å²) in [6, 6.07) is 0.0269. The number of hydrogen-bond acceptors (Lipinski definition) is 3. The molecule has 0 bridgehead atoms. The van der Waals surface area contributed by atoms with Crippen molar-refractivity contribution in [3.63, 3.8) is 0 Å². The molecule has 3 nitrogen and oxygen atoms in total. The number of nitrogens with one attached hydrogen (secondary N) is 2. The highest BCUT2D eigenvalue weighted by atomic mass is 79.9. The van der Waals surface area contributed by atoms with Crippen molar-refractivity contribution < 1.29 is 4.79 Å². The molecule has 0 aromatic carbocycles. The Labute approximate surface area is 78.8 Å². The van der Waals surface area contributed by atoms with E-state index in [2.05, 4.69) is 26.6 Å². The number of carbonyl (C=O) groups is 1. The molecule has 0 spiro atoms. The van der Waals surface area contributed by atoms with Gasteiger partial charge in [0.15, 0.2) is 0 Å². The Balaban J connectivity index is 2.17. The highest BCUT2D eigenvalue weighted by Crippen LogP contribution is 2.08. The summed E-state index contributed by atoms with van der Waals surface area (Å²) in [6.45, 7) is 0.710. The third-order valence-electron chi connectivity index (χ3n) is 1.43. The number of halogens is 1. The lowest BCUT2D eigenvalue weighted by atomic mass is 10.3. The van der Waals surface area contributed by atoms with E-state index in [4.69, 9.17) is 0 Å². The van der Waals surface area contributed by atoms with Gasteiger partial charge in [-0.2, -0.15) is 0 Å². The van der Waals surface area contributed by atoms with E-state index in [1.54, 1.807) is 11.8 Å². The molecule has 11 heavy (non-hydrogen) atoms. The molecule has 1 fully saturated rings. The maximum Gasteiger partial charge on any atom is 0.238 e. The maximum atomic E-state index is 11.2. The van der Waals surface area contributed by atoms with Crippen LogP contribution in [0.5, 0.6) is 0 Å². The zero-order valence-corrected chi connectivity index (χ0v) is 8.50. The van der Waals surface area contributed by atoms with Crippen molar-refractivity contribution in [2.24, 2.45) is 0 Å². The summed E-state index contributed by atoms with van der Waals surface area (Å²) in [5, 5.41) is 6.73. The quantitative estimate of drug-likeness (QED) is 0.689. The van der Waals surface area contributed by atoms with Crippen LogP contribution in [-0.2, 0) is 4.79 Å². The second kappa shape index (κ2) is 5.00. The molecule has 1 atom stereocenters. The lowest BCUT2D eigenvalue weighted by Crippen LogP contribution is -2.42. The molecule has 64 valence electrons. The summed E-state index contributed by atoms with van der Waals surface area (Å²) in [5.74, 6) is 1.91. The molecule has 1 aliphatic rings. The van der Waals surface area contributed by atoms with E-state index in [0.29, 0.717) is 6.54 Å². The Kier molecular flexibility index (Phi) is 4.25. The molecular weight excluding hydrogens is 228 g/mol. The molecule has 0 radical (unpaired) electrons. The number of carbonyl (C=O) groups excluding carboxylic acids is 1. The first-order valence-electron chi connectivity index (χ1n) is 3.49. The summed E-state index contributed by atoms with van der Waals surface area (Å²) >= 11 is 5.01. The predicted octanol–water partition coefficient (Wildman–Crippen LogP) is 0.160. The number of thioether (sulfide) groups is 1. The molecule has 1 rings (SSSR count). The molecule has 0 saturated carbocycles. The Morgan fingerprint density at radius 1 is 1.82 bits per heavy atom. The van der Waals surface area contributed by atoms with Crippen LogP contribution in [0.15, 0.2) is 0 Å². The second-order valence-electron chi connectivity index (χ2n) is 2.25. The Morgan fingerprint density at radius 2 is 2.64 bits per heavy atom. The fraction of sp³-hybridized carbons (Fsp3) is 0.833. The number of alkyl halides is 1. The van der Waals surface area contributed by atoms with Crippen LogP contribution in [0.3, 0.4) is 0 Å². The van der Waals surface area contributed by atoms with Gasteiger partial charge in [-0.15, -0.1) is 11.8 Å². The van der Waals surface area contributed by atoms with E-state index in [1.165, 1.54) is 0 Å². The SMILES string of the molecule is O=C(NCCBr)C1CSCN1. The van der Waals surface area contributed by atoms with Gasteiger partial charge in [-0.3, -0.25) is 10.1 Å². The van der Waals surface area contributed by atoms with Crippen LogP contribution in [0.2, 0.25) is 0 Å². The van der Waals surface area contributed by atoms with Gasteiger partial charge in [-0.05, 0) is 0 Å². The topological polar surface area (TPSA) is 41.1 Å². The van der Waals surface area contributed by atoms with Gasteiger partial charge in [0.2, 0.25) is 5.91 Å². The molecule has 1 unspecified atom stereocenters. The van der Waals surface area contributed by atoms with Gasteiger partial charge in [-0.1, -0.05) is 15.9 Å². The molecule has 2 N–H and O–H groups in total. The van der Waals surface area contributed by atoms with Gasteiger partial charge in [-0.25, -0.2) is 0 Å². The van der Waals surface area contributed by atoms with E-state index < -0.39 is 0 Å². The molecule has 1 aliphatic heterocycles. The fourth-order valence-electron chi connectivity index (χ4n) is 0.857. The summed E-state index contributed by atoms with van der Waals surface area (Å²) < 4.78 is 0. The number of rotatable bonds is 3. The predicted molar refractivity (Wildman–Crippen MR) is 51.1 cm³/mol. The third-order valence-corrected chi connectivity index (χ3v) is 2.76. The first kappa shape index (κ1) is 9.35. The average Bonchev–Trinajstić information content (AvgIpc) is 2.52. The average molecular weight is 239 g/mol. The summed E-state index contributed by atoms with van der Waals surface area (Å²) in [5.41, 5.74) is 0. The standard InChI is InChI=1S/C6H11BrN2OS/c7-1-2-8-6(10)5-3-11-4-9-5/h5,9H,1-4H2,(H,8,10). The normalized spacial score (nSPS) is 23.5. The summed E-state index contributed by atoms with van der Waals surface area (Å²) in [7, 11) is 0. The largest absolute Gasteiger partial charge is 0.354 e. The second-order valence-corrected chi connectivity index (χ2v) is 4.08. The van der Waals surface area contributed by atoms with Crippen molar-refractivity contribution in [3.05, 3.63) is 0 Å². The molecule has 0 aromatic heterocycles. The third kappa shape index (κ3) is 3.01. The van der Waals surface area contributed by atoms with Crippen molar-refractivity contribution in [2.75, 3.05) is 23.5 Å². The van der Waals surface area contributed by atoms with Crippen molar-refractivity contribution in [3.8, 4) is 0 Å². The number of amides is 1. The van der Waals surface area contributed by atoms with E-state index >= 15 is 0 Å². The molecule has 1 saturated heterocycles. The van der Waals surface area contributed by atoms with E-state index in [9.17, 15) is 4.79 Å². The summed E-state index contributed by atoms with van der Waals surface area (Å²) in [6.07, 6.45) is 0. The van der Waals surface area contributed by atoms with Gasteiger partial charge in [0.1, 0.15) is 0 Å². The van der Waals surface area contributed by atoms with Gasteiger partial charge in [0.25, 0.3) is 0 Å². The van der Waals surface area contributed by atoms with Crippen molar-refractivity contribution in [1.82, 2.24) is 10.6 Å². The zero-order valence-electron chi connectivity index (χ0n) is 6.10. The maximum absolute atomic E-state index is 11.2. The van der Waals surface area contributed by atoms with Gasteiger partial charge in [0, 0.05) is 23.5 Å². The fourth-order valence-corrected chi connectivity index (χ4v) is 2.00. The van der Waals surface area contributed by atoms with Crippen LogP contribution in [0.25, 0.3) is 0 Å². The minimum atomic E-state index is 0.0269. The highest BCUT2D eigenvalue weighted by Gasteiger charge is 2.21. The van der Waals surface area contributed by atoms with Crippen LogP contribution in [0, 0.1) is 0 Å². The van der Waals surface area contributed by atoms with Crippen molar-refractivity contribution in [2.45, 2.75) is 6.04 Å². The number of hydrogen-bond donors (Lipinski definition) is 2. The van der Waals surface area contributed by atoms with E-state index in [1.807, 2.05) is 0 Å². The van der Waals surface area contributed by atoms with Crippen LogP contribution >= 0.6 is 27.7 Å². The van der Waals surface area contributed by atoms with Crippen LogP contribution in [0.1, 0.15) is 0 Å². The highest BCUT2D eigenvalue weighted by molar-refractivity contribution is 9.09. The van der Waals surface area contributed by atoms with Gasteiger partial charge < -0.3 is 5.32 Å². The first-order valence-corrected chi connectivity index (χ1v) is 5.77. The zero-order chi connectivity index (χ0) is 8.10. The van der Waals surface area contributed by atoms with Gasteiger partial charge >= 0.3 is 0 Å². The smallest absolute Gasteiger partial charge is 0.238 e. The van der Waals surface area contributed by atoms with Crippen LogP contribution in [-0.4, -0.2) is 35.5 Å². The molecule has 0 aromatic rings. The minimum Gasteiger partial charge on any atom is -0.354 e. The molecule has 5 heteroatoms. The van der Waals surface area contributed by atoms with Crippen molar-refractivity contribution in [1.29, 1.82) is 0 Å². The Bertz CT molecular complexity index is 139. The Morgan fingerprint density at radius 3 is 3.18 bits per heavy atom. The van der Waals surface area contributed by atoms with Crippen molar-refractivity contribution >= 4 is 33.6 Å². The molecular formula is C6H11BrN2OS. The minimum absolute atomic E-state index is 0.0269. The van der Waals surface area contributed by atoms with Crippen LogP contribution in [0.4, 0.5) is 0 Å². The lowest BCUT2D eigenvalue weighted by Gasteiger charge is -2.08.